The number of rotatable bonds is 4. The Hall–Kier alpha value is -0.660. The Labute approximate surface area is 284 Å². The molecule has 0 atom stereocenters. The normalized spacial score (nSPS) is 10.0. The topological polar surface area (TPSA) is 0 Å². The van der Waals surface area contributed by atoms with Gasteiger partial charge in [0.05, 0.1) is 0 Å². The summed E-state index contributed by atoms with van der Waals surface area (Å²) in [7, 11) is 0. The predicted molar refractivity (Wildman–Crippen MR) is 188 cm³/mol. The van der Waals surface area contributed by atoms with Crippen molar-refractivity contribution in [3.63, 3.8) is 0 Å². The molecule has 40 heavy (non-hydrogen) atoms. The van der Waals surface area contributed by atoms with E-state index in [0.29, 0.717) is 23.7 Å². The van der Waals surface area contributed by atoms with E-state index in [-0.39, 0.29) is 69.4 Å². The van der Waals surface area contributed by atoms with Gasteiger partial charge in [-0.25, -0.2) is 0 Å². The van der Waals surface area contributed by atoms with Crippen LogP contribution in [0, 0.1) is 21.3 Å². The minimum absolute atomic E-state index is 0. The van der Waals surface area contributed by atoms with Crippen LogP contribution in [0.2, 0.25) is 0 Å². The van der Waals surface area contributed by atoms with Crippen LogP contribution in [0.1, 0.15) is 133 Å². The molecule has 4 aromatic rings. The van der Waals surface area contributed by atoms with Crippen molar-refractivity contribution < 1.29 is 26.2 Å². The smallest absolute Gasteiger partial charge is 0.358 e. The van der Waals surface area contributed by atoms with Crippen LogP contribution in [0.25, 0.3) is 21.5 Å². The van der Waals surface area contributed by atoms with Crippen LogP contribution in [-0.4, -0.2) is 11.0 Å². The van der Waals surface area contributed by atoms with Gasteiger partial charge in [0, 0.05) is 11.0 Å². The first-order valence-electron chi connectivity index (χ1n) is 13.8. The minimum atomic E-state index is 0. The molecule has 0 unspecified atom stereocenters. The van der Waals surface area contributed by atoms with E-state index >= 15 is 0 Å². The largest absolute Gasteiger partial charge is 3.00 e. The van der Waals surface area contributed by atoms with E-state index in [9.17, 15) is 0 Å². The van der Waals surface area contributed by atoms with Crippen LogP contribution in [0.15, 0.2) is 48.5 Å². The van der Waals surface area contributed by atoms with Crippen molar-refractivity contribution in [3.05, 3.63) is 89.3 Å². The maximum atomic E-state index is 2.39. The van der Waals surface area contributed by atoms with Crippen molar-refractivity contribution in [2.45, 2.75) is 113 Å². The molecule has 0 heterocycles. The molecule has 0 amide bonds. The van der Waals surface area contributed by atoms with E-state index in [0.717, 1.165) is 0 Å². The van der Waals surface area contributed by atoms with Gasteiger partial charge in [-0.05, 0) is 23.7 Å². The monoisotopic (exact) mass is 675 g/mol. The average molecular weight is 678 g/mol. The number of aryl methyl sites for hydroxylation is 2. The minimum Gasteiger partial charge on any atom is -0.358 e. The van der Waals surface area contributed by atoms with Crippen LogP contribution in [-0.2, 0) is 26.2 Å². The molecular formula is C36H55Cl2SiZr. The Morgan fingerprint density at radius 1 is 0.550 bits per heavy atom. The van der Waals surface area contributed by atoms with Crippen molar-refractivity contribution >= 4 is 57.3 Å². The van der Waals surface area contributed by atoms with E-state index in [1.807, 2.05) is 0 Å². The zero-order valence-electron chi connectivity index (χ0n) is 27.5. The number of fused-ring (bicyclic) bond motifs is 2. The standard InChI is InChI=1S/2C16H21.C3H8.CH3.2ClH.Si.Zr/c2*1-10(2)13-8-14-6-12(5)7-16(14)15(9-13)11(3)4;1-3-2;;;;;/h2*6-11H,1-5H3;3H2,1-2H3;1H3;2*1H;;/q2*-1;;-1;;;;+3. The second kappa shape index (κ2) is 21.1. The average Bonchev–Trinajstić information content (AvgIpc) is 3.33. The van der Waals surface area contributed by atoms with Gasteiger partial charge in [-0.1, -0.05) is 124 Å². The van der Waals surface area contributed by atoms with E-state index in [1.165, 1.54) is 61.3 Å². The fourth-order valence-corrected chi connectivity index (χ4v) is 4.67. The summed E-state index contributed by atoms with van der Waals surface area (Å²) in [5.41, 5.74) is 8.66. The van der Waals surface area contributed by atoms with E-state index in [2.05, 4.69) is 132 Å². The van der Waals surface area contributed by atoms with Crippen LogP contribution in [0.3, 0.4) is 0 Å². The summed E-state index contributed by atoms with van der Waals surface area (Å²) < 4.78 is 0. The van der Waals surface area contributed by atoms with E-state index < -0.39 is 0 Å². The SMILES string of the molecule is CCC.Cc1cc2c(C(C)C)cc(C(C)C)cc2[cH-]1.Cc1cc2c(C(C)C)cc(C(C)C)cc2[cH-]1.Cl.Cl.[CH3-].[Si].[Zr+3]. The summed E-state index contributed by atoms with van der Waals surface area (Å²) in [5, 5.41) is 5.70. The Kier molecular flexibility index (Phi) is 24.4. The molecule has 0 spiro atoms. The molecule has 221 valence electrons. The Balaban J connectivity index is -0.000000265. The quantitative estimate of drug-likeness (QED) is 0.149. The number of hydrogen-bond donors (Lipinski definition) is 0. The molecule has 4 rings (SSSR count). The van der Waals surface area contributed by atoms with Crippen LogP contribution >= 0.6 is 24.8 Å². The van der Waals surface area contributed by atoms with Gasteiger partial charge in [-0.3, -0.25) is 0 Å². The van der Waals surface area contributed by atoms with Crippen molar-refractivity contribution in [3.8, 4) is 0 Å². The van der Waals surface area contributed by atoms with Gasteiger partial charge < -0.3 is 7.43 Å². The van der Waals surface area contributed by atoms with Crippen molar-refractivity contribution in [1.82, 2.24) is 0 Å². The van der Waals surface area contributed by atoms with Gasteiger partial charge in [0.2, 0.25) is 0 Å². The first-order chi connectivity index (χ1) is 16.4. The molecule has 0 aliphatic carbocycles. The zero-order valence-corrected chi connectivity index (χ0v) is 32.5. The van der Waals surface area contributed by atoms with Crippen molar-refractivity contribution in [2.75, 3.05) is 0 Å². The first kappa shape index (κ1) is 46.3. The molecular weight excluding hydrogens is 623 g/mol. The number of hydrogen-bond acceptors (Lipinski definition) is 0. The molecule has 4 aromatic carbocycles. The predicted octanol–water partition coefficient (Wildman–Crippen LogP) is 12.6. The van der Waals surface area contributed by atoms with Gasteiger partial charge in [0.15, 0.2) is 0 Å². The van der Waals surface area contributed by atoms with Crippen molar-refractivity contribution in [1.29, 1.82) is 0 Å². The third kappa shape index (κ3) is 12.3. The summed E-state index contributed by atoms with van der Waals surface area (Å²) in [6.07, 6.45) is 1.25. The van der Waals surface area contributed by atoms with Gasteiger partial charge in [-0.15, -0.1) is 81.8 Å². The van der Waals surface area contributed by atoms with Gasteiger partial charge in [0.25, 0.3) is 0 Å². The molecule has 0 nitrogen and oxygen atoms in total. The summed E-state index contributed by atoms with van der Waals surface area (Å²) in [4.78, 5) is 0. The molecule has 0 bridgehead atoms. The van der Waals surface area contributed by atoms with Gasteiger partial charge in [0.1, 0.15) is 0 Å². The fraction of sp³-hybridized carbons (Fsp3) is 0.472. The Bertz CT molecular complexity index is 1130. The molecule has 0 aliphatic heterocycles. The number of benzene rings is 2. The maximum Gasteiger partial charge on any atom is 3.00 e. The summed E-state index contributed by atoms with van der Waals surface area (Å²) >= 11 is 0. The van der Waals surface area contributed by atoms with Gasteiger partial charge in [-0.2, -0.15) is 12.1 Å². The van der Waals surface area contributed by atoms with Crippen LogP contribution < -0.4 is 0 Å². The second-order valence-electron chi connectivity index (χ2n) is 11.6. The number of halogens is 2. The molecule has 0 aromatic heterocycles. The first-order valence-corrected chi connectivity index (χ1v) is 13.8. The molecule has 0 saturated carbocycles. The molecule has 0 N–H and O–H groups in total. The van der Waals surface area contributed by atoms with Crippen LogP contribution in [0.5, 0.6) is 0 Å². The maximum absolute atomic E-state index is 2.39. The summed E-state index contributed by atoms with van der Waals surface area (Å²) in [6.45, 7) is 26.8. The molecule has 0 fully saturated rings. The van der Waals surface area contributed by atoms with Crippen molar-refractivity contribution in [2.24, 2.45) is 0 Å². The molecule has 0 aliphatic rings. The summed E-state index contributed by atoms with van der Waals surface area (Å²) in [6, 6.07) is 18.7. The molecule has 5 radical (unpaired) electrons. The fourth-order valence-electron chi connectivity index (χ4n) is 4.67. The Morgan fingerprint density at radius 2 is 0.825 bits per heavy atom. The van der Waals surface area contributed by atoms with Gasteiger partial charge >= 0.3 is 26.2 Å². The zero-order chi connectivity index (χ0) is 26.4. The summed E-state index contributed by atoms with van der Waals surface area (Å²) in [5.74, 6) is 2.42. The molecule has 4 heteroatoms. The van der Waals surface area contributed by atoms with E-state index in [4.69, 9.17) is 0 Å². The Morgan fingerprint density at radius 3 is 1.05 bits per heavy atom. The van der Waals surface area contributed by atoms with E-state index in [1.54, 1.807) is 0 Å². The second-order valence-corrected chi connectivity index (χ2v) is 11.6. The third-order valence-electron chi connectivity index (χ3n) is 6.62. The molecule has 0 saturated heterocycles. The van der Waals surface area contributed by atoms with Crippen LogP contribution in [0.4, 0.5) is 0 Å². The third-order valence-corrected chi connectivity index (χ3v) is 6.62.